The van der Waals surface area contributed by atoms with Crippen molar-refractivity contribution in [2.75, 3.05) is 13.7 Å². The van der Waals surface area contributed by atoms with Gasteiger partial charge in [0.2, 0.25) is 0 Å². The Bertz CT molecular complexity index is 354. The summed E-state index contributed by atoms with van der Waals surface area (Å²) in [5.74, 6) is 0.473. The highest BCUT2D eigenvalue weighted by Gasteiger charge is 2.44. The van der Waals surface area contributed by atoms with Crippen molar-refractivity contribution in [1.29, 1.82) is 0 Å². The minimum absolute atomic E-state index is 0.0380. The highest BCUT2D eigenvalue weighted by atomic mass is 16.8. The Morgan fingerprint density at radius 1 is 1.25 bits per heavy atom. The molecule has 0 aliphatic carbocycles. The molecule has 0 bridgehead atoms. The van der Waals surface area contributed by atoms with E-state index in [9.17, 15) is 0 Å². The van der Waals surface area contributed by atoms with E-state index in [0.29, 0.717) is 12.0 Å². The molecule has 3 rings (SSSR count). The van der Waals surface area contributed by atoms with Gasteiger partial charge in [0.15, 0.2) is 6.29 Å². The molecule has 2 heterocycles. The van der Waals surface area contributed by atoms with Crippen LogP contribution in [0.15, 0.2) is 30.3 Å². The van der Waals surface area contributed by atoms with Gasteiger partial charge in [-0.15, -0.1) is 0 Å². The topological polar surface area (TPSA) is 21.7 Å². The first kappa shape index (κ1) is 10.3. The third-order valence-corrected chi connectivity index (χ3v) is 3.52. The summed E-state index contributed by atoms with van der Waals surface area (Å²) < 4.78 is 5.66. The van der Waals surface area contributed by atoms with Gasteiger partial charge in [0.05, 0.1) is 6.04 Å². The van der Waals surface area contributed by atoms with Crippen LogP contribution in [0.2, 0.25) is 0 Å². The Hall–Kier alpha value is -0.900. The van der Waals surface area contributed by atoms with Crippen LogP contribution in [-0.2, 0) is 9.57 Å². The van der Waals surface area contributed by atoms with Gasteiger partial charge in [-0.2, -0.15) is 5.06 Å². The molecule has 86 valence electrons. The number of hydroxylamine groups is 2. The Balaban J connectivity index is 1.88. The zero-order valence-electron chi connectivity index (χ0n) is 9.50. The fraction of sp³-hybridized carbons (Fsp3) is 0.538. The lowest BCUT2D eigenvalue weighted by Gasteiger charge is -2.26. The summed E-state index contributed by atoms with van der Waals surface area (Å²) in [7, 11) is 2.00. The zero-order chi connectivity index (χ0) is 11.0. The van der Waals surface area contributed by atoms with Gasteiger partial charge in [-0.3, -0.25) is 4.84 Å². The van der Waals surface area contributed by atoms with E-state index in [2.05, 4.69) is 24.3 Å². The monoisotopic (exact) mass is 219 g/mol. The first-order valence-corrected chi connectivity index (χ1v) is 5.92. The molecule has 0 aromatic heterocycles. The molecule has 1 aromatic carbocycles. The molecule has 16 heavy (non-hydrogen) atoms. The third kappa shape index (κ3) is 1.65. The van der Waals surface area contributed by atoms with E-state index < -0.39 is 0 Å². The molecule has 1 aromatic rings. The van der Waals surface area contributed by atoms with Gasteiger partial charge in [0, 0.05) is 19.6 Å². The van der Waals surface area contributed by atoms with Gasteiger partial charge >= 0.3 is 0 Å². The lowest BCUT2D eigenvalue weighted by Crippen LogP contribution is -2.28. The fourth-order valence-electron chi connectivity index (χ4n) is 2.80. The summed E-state index contributed by atoms with van der Waals surface area (Å²) in [6.07, 6.45) is 2.29. The van der Waals surface area contributed by atoms with E-state index in [0.717, 1.165) is 13.0 Å². The van der Waals surface area contributed by atoms with E-state index in [1.165, 1.54) is 12.0 Å². The van der Waals surface area contributed by atoms with Crippen molar-refractivity contribution in [1.82, 2.24) is 5.06 Å². The van der Waals surface area contributed by atoms with Crippen LogP contribution >= 0.6 is 0 Å². The van der Waals surface area contributed by atoms with Crippen LogP contribution in [0.5, 0.6) is 0 Å². The van der Waals surface area contributed by atoms with E-state index in [4.69, 9.17) is 9.57 Å². The quantitative estimate of drug-likeness (QED) is 0.723. The largest absolute Gasteiger partial charge is 0.350 e. The van der Waals surface area contributed by atoms with Crippen LogP contribution in [-0.4, -0.2) is 25.0 Å². The van der Waals surface area contributed by atoms with Crippen LogP contribution in [0.4, 0.5) is 0 Å². The maximum Gasteiger partial charge on any atom is 0.182 e. The molecule has 3 atom stereocenters. The van der Waals surface area contributed by atoms with E-state index >= 15 is 0 Å². The number of rotatable bonds is 1. The van der Waals surface area contributed by atoms with Gasteiger partial charge in [-0.1, -0.05) is 30.3 Å². The predicted octanol–water partition coefficient (Wildman–Crippen LogP) is 2.36. The minimum atomic E-state index is -0.0380. The van der Waals surface area contributed by atoms with Gasteiger partial charge < -0.3 is 4.74 Å². The summed E-state index contributed by atoms with van der Waals surface area (Å²) in [6.45, 7) is 0.830. The van der Waals surface area contributed by atoms with Gasteiger partial charge in [-0.05, 0) is 18.4 Å². The van der Waals surface area contributed by atoms with Crippen molar-refractivity contribution in [3.05, 3.63) is 35.9 Å². The standard InChI is InChI=1S/C13H17NO2/c1-14-12(10-6-3-2-4-7-10)11-8-5-9-15-13(11)16-14/h2-4,6-7,11-13H,5,8-9H2,1H3. The fourth-order valence-corrected chi connectivity index (χ4v) is 2.80. The normalized spacial score (nSPS) is 34.9. The molecule has 3 nitrogen and oxygen atoms in total. The zero-order valence-corrected chi connectivity index (χ0v) is 9.50. The molecule has 3 heteroatoms. The summed E-state index contributed by atoms with van der Waals surface area (Å²) in [5, 5.41) is 1.95. The van der Waals surface area contributed by atoms with Gasteiger partial charge in [-0.25, -0.2) is 0 Å². The minimum Gasteiger partial charge on any atom is -0.350 e. The Labute approximate surface area is 95.9 Å². The maximum absolute atomic E-state index is 5.74. The molecule has 0 N–H and O–H groups in total. The van der Waals surface area contributed by atoms with Crippen LogP contribution < -0.4 is 0 Å². The molecule has 2 aliphatic rings. The van der Waals surface area contributed by atoms with Crippen LogP contribution in [0.3, 0.4) is 0 Å². The number of nitrogens with zero attached hydrogens (tertiary/aromatic N) is 1. The molecule has 0 radical (unpaired) electrons. The predicted molar refractivity (Wildman–Crippen MR) is 60.5 cm³/mol. The second-order valence-electron chi connectivity index (χ2n) is 4.55. The van der Waals surface area contributed by atoms with Crippen molar-refractivity contribution in [3.63, 3.8) is 0 Å². The number of benzene rings is 1. The summed E-state index contributed by atoms with van der Waals surface area (Å²) in [4.78, 5) is 5.74. The number of fused-ring (bicyclic) bond motifs is 1. The van der Waals surface area contributed by atoms with E-state index in [-0.39, 0.29) is 6.29 Å². The molecule has 2 fully saturated rings. The number of hydrogen-bond donors (Lipinski definition) is 0. The Morgan fingerprint density at radius 2 is 2.06 bits per heavy atom. The molecule has 0 spiro atoms. The molecule has 2 aliphatic heterocycles. The first-order chi connectivity index (χ1) is 7.86. The smallest absolute Gasteiger partial charge is 0.182 e. The summed E-state index contributed by atoms with van der Waals surface area (Å²) in [5.41, 5.74) is 1.32. The highest BCUT2D eigenvalue weighted by Crippen LogP contribution is 2.42. The number of hydrogen-bond acceptors (Lipinski definition) is 3. The number of ether oxygens (including phenoxy) is 1. The van der Waals surface area contributed by atoms with Crippen molar-refractivity contribution >= 4 is 0 Å². The van der Waals surface area contributed by atoms with Gasteiger partial charge in [0.25, 0.3) is 0 Å². The lowest BCUT2D eigenvalue weighted by molar-refractivity contribution is -0.240. The Morgan fingerprint density at radius 3 is 2.88 bits per heavy atom. The van der Waals surface area contributed by atoms with Crippen molar-refractivity contribution in [2.24, 2.45) is 5.92 Å². The van der Waals surface area contributed by atoms with Gasteiger partial charge in [0.1, 0.15) is 0 Å². The van der Waals surface area contributed by atoms with E-state index in [1.807, 2.05) is 18.2 Å². The SMILES string of the molecule is CN1OC2OCCCC2C1c1ccccc1. The first-order valence-electron chi connectivity index (χ1n) is 5.92. The van der Waals surface area contributed by atoms with E-state index in [1.54, 1.807) is 0 Å². The van der Waals surface area contributed by atoms with Crippen molar-refractivity contribution < 1.29 is 9.57 Å². The lowest BCUT2D eigenvalue weighted by atomic mass is 9.88. The second-order valence-corrected chi connectivity index (χ2v) is 4.55. The molecule has 0 saturated carbocycles. The maximum atomic E-state index is 5.74. The summed E-state index contributed by atoms with van der Waals surface area (Å²) in [6, 6.07) is 10.9. The van der Waals surface area contributed by atoms with Crippen LogP contribution in [0.1, 0.15) is 24.4 Å². The van der Waals surface area contributed by atoms with Crippen molar-refractivity contribution in [3.8, 4) is 0 Å². The van der Waals surface area contributed by atoms with Crippen LogP contribution in [0, 0.1) is 5.92 Å². The highest BCUT2D eigenvalue weighted by molar-refractivity contribution is 5.20. The Kier molecular flexibility index (Phi) is 2.67. The molecule has 3 unspecified atom stereocenters. The van der Waals surface area contributed by atoms with Crippen LogP contribution in [0.25, 0.3) is 0 Å². The summed E-state index contributed by atoms with van der Waals surface area (Å²) >= 11 is 0. The molecular formula is C13H17NO2. The average molecular weight is 219 g/mol. The molecule has 2 saturated heterocycles. The molecule has 0 amide bonds. The second kappa shape index (κ2) is 4.17. The third-order valence-electron chi connectivity index (χ3n) is 3.52. The average Bonchev–Trinajstić information content (AvgIpc) is 2.66. The molecular weight excluding hydrogens is 202 g/mol. The van der Waals surface area contributed by atoms with Crippen molar-refractivity contribution in [2.45, 2.75) is 25.2 Å².